The number of fused-ring (bicyclic) bond motifs is 2. The molecule has 1 aromatic heterocycles. The lowest BCUT2D eigenvalue weighted by Crippen LogP contribution is -2.30. The lowest BCUT2D eigenvalue weighted by Gasteiger charge is -2.19. The fourth-order valence-corrected chi connectivity index (χ4v) is 3.41. The van der Waals surface area contributed by atoms with Gasteiger partial charge in [-0.25, -0.2) is 9.78 Å². The number of hydrogen-bond donors (Lipinski definition) is 1. The first-order valence-corrected chi connectivity index (χ1v) is 9.69. The van der Waals surface area contributed by atoms with Gasteiger partial charge in [0.2, 0.25) is 0 Å². The van der Waals surface area contributed by atoms with E-state index in [2.05, 4.69) is 10.3 Å². The van der Waals surface area contributed by atoms with Crippen molar-refractivity contribution in [3.05, 3.63) is 93.8 Å². The summed E-state index contributed by atoms with van der Waals surface area (Å²) in [6, 6.07) is 13.8. The van der Waals surface area contributed by atoms with Crippen molar-refractivity contribution in [3.63, 3.8) is 0 Å². The zero-order valence-electron chi connectivity index (χ0n) is 16.2. The van der Waals surface area contributed by atoms with Crippen LogP contribution in [0.4, 0.5) is 5.69 Å². The minimum atomic E-state index is -1.12. The summed E-state index contributed by atoms with van der Waals surface area (Å²) < 4.78 is 5.16. The van der Waals surface area contributed by atoms with Gasteiger partial charge in [0.1, 0.15) is 5.15 Å². The van der Waals surface area contributed by atoms with Crippen LogP contribution < -0.4 is 5.32 Å². The molecule has 0 radical (unpaired) electrons. The average Bonchev–Trinajstić information content (AvgIpc) is 2.77. The van der Waals surface area contributed by atoms with Gasteiger partial charge in [0.15, 0.2) is 17.7 Å². The Balaban J connectivity index is 1.50. The van der Waals surface area contributed by atoms with Crippen molar-refractivity contribution in [1.82, 2.24) is 4.98 Å². The third-order valence-electron chi connectivity index (χ3n) is 4.81. The number of anilines is 1. The molecule has 0 fully saturated rings. The monoisotopic (exact) mass is 434 g/mol. The van der Waals surface area contributed by atoms with Crippen LogP contribution in [-0.2, 0) is 9.53 Å². The topological polar surface area (TPSA) is 102 Å². The van der Waals surface area contributed by atoms with Gasteiger partial charge >= 0.3 is 5.97 Å². The Bertz CT molecular complexity index is 1250. The molecule has 1 unspecified atom stereocenters. The number of hydrogen-bond acceptors (Lipinski definition) is 6. The van der Waals surface area contributed by atoms with Gasteiger partial charge in [-0.2, -0.15) is 0 Å². The van der Waals surface area contributed by atoms with Crippen LogP contribution in [0.2, 0.25) is 5.15 Å². The van der Waals surface area contributed by atoms with Crippen molar-refractivity contribution in [2.24, 2.45) is 0 Å². The molecule has 0 aliphatic heterocycles. The molecule has 31 heavy (non-hydrogen) atoms. The van der Waals surface area contributed by atoms with Gasteiger partial charge in [-0.1, -0.05) is 35.9 Å². The lowest BCUT2D eigenvalue weighted by molar-refractivity contribution is -0.123. The van der Waals surface area contributed by atoms with Crippen LogP contribution in [-0.4, -0.2) is 34.5 Å². The Morgan fingerprint density at radius 3 is 2.26 bits per heavy atom. The first kappa shape index (κ1) is 20.4. The molecular formula is C23H15ClN2O5. The van der Waals surface area contributed by atoms with Crippen LogP contribution in [0.1, 0.15) is 49.1 Å². The van der Waals surface area contributed by atoms with E-state index in [1.54, 1.807) is 24.3 Å². The van der Waals surface area contributed by atoms with Gasteiger partial charge in [-0.3, -0.25) is 14.4 Å². The van der Waals surface area contributed by atoms with E-state index in [1.165, 1.54) is 43.5 Å². The largest absolute Gasteiger partial charge is 0.449 e. The highest BCUT2D eigenvalue weighted by atomic mass is 35.5. The Morgan fingerprint density at radius 2 is 1.58 bits per heavy atom. The summed E-state index contributed by atoms with van der Waals surface area (Å²) in [5.74, 6) is -1.87. The molecule has 1 heterocycles. The molecule has 2 aromatic carbocycles. The molecule has 0 saturated heterocycles. The van der Waals surface area contributed by atoms with Gasteiger partial charge in [0.25, 0.3) is 5.91 Å². The summed E-state index contributed by atoms with van der Waals surface area (Å²) in [6.45, 7) is 1.42. The summed E-state index contributed by atoms with van der Waals surface area (Å²) in [4.78, 5) is 53.9. The van der Waals surface area contributed by atoms with Crippen molar-refractivity contribution < 1.29 is 23.9 Å². The second-order valence-corrected chi connectivity index (χ2v) is 7.26. The highest BCUT2D eigenvalue weighted by Crippen LogP contribution is 2.29. The first-order valence-electron chi connectivity index (χ1n) is 9.31. The number of ketones is 2. The number of carbonyl (C=O) groups excluding carboxylic acids is 4. The predicted octanol–water partition coefficient (Wildman–Crippen LogP) is 3.69. The van der Waals surface area contributed by atoms with E-state index in [0.717, 1.165) is 0 Å². The van der Waals surface area contributed by atoms with Crippen molar-refractivity contribution in [2.45, 2.75) is 13.0 Å². The van der Waals surface area contributed by atoms with Crippen LogP contribution in [0.5, 0.6) is 0 Å². The summed E-state index contributed by atoms with van der Waals surface area (Å²) in [5.41, 5.74) is 1.62. The molecule has 1 aliphatic carbocycles. The van der Waals surface area contributed by atoms with Crippen molar-refractivity contribution in [1.29, 1.82) is 0 Å². The summed E-state index contributed by atoms with van der Waals surface area (Å²) in [7, 11) is 0. The number of nitrogens with zero attached hydrogens (tertiary/aromatic N) is 1. The van der Waals surface area contributed by atoms with Crippen molar-refractivity contribution in [2.75, 3.05) is 5.32 Å². The lowest BCUT2D eigenvalue weighted by atomic mass is 9.84. The molecule has 1 N–H and O–H groups in total. The Labute approximate surface area is 182 Å². The van der Waals surface area contributed by atoms with Crippen LogP contribution in [0.25, 0.3) is 0 Å². The fraction of sp³-hybridized carbons (Fsp3) is 0.0870. The fourth-order valence-electron chi connectivity index (χ4n) is 3.23. The number of aromatic nitrogens is 1. The number of benzene rings is 2. The van der Waals surface area contributed by atoms with E-state index in [9.17, 15) is 19.2 Å². The van der Waals surface area contributed by atoms with Crippen LogP contribution >= 0.6 is 11.6 Å². The van der Waals surface area contributed by atoms with E-state index in [0.29, 0.717) is 16.8 Å². The Kier molecular flexibility index (Phi) is 5.35. The molecule has 1 atom stereocenters. The van der Waals surface area contributed by atoms with E-state index >= 15 is 0 Å². The molecule has 8 heteroatoms. The number of pyridine rings is 1. The normalized spacial score (nSPS) is 13.1. The number of ether oxygens (including phenoxy) is 1. The minimum absolute atomic E-state index is 0.126. The molecule has 1 aliphatic rings. The van der Waals surface area contributed by atoms with Crippen LogP contribution in [0.3, 0.4) is 0 Å². The molecule has 0 spiro atoms. The van der Waals surface area contributed by atoms with Crippen LogP contribution in [0, 0.1) is 0 Å². The standard InChI is InChI=1S/C23H15ClN2O5/c1-12(31-23(30)13-8-9-25-19(24)10-13)22(29)26-14-6-7-17-18(11-14)21(28)16-5-3-2-4-15(16)20(17)27/h2-12H,1H3,(H,26,29). The number of halogens is 1. The smallest absolute Gasteiger partial charge is 0.339 e. The van der Waals surface area contributed by atoms with Gasteiger partial charge in [0, 0.05) is 34.1 Å². The maximum absolute atomic E-state index is 12.8. The molecule has 1 amide bonds. The second-order valence-electron chi connectivity index (χ2n) is 6.87. The minimum Gasteiger partial charge on any atom is -0.449 e. The zero-order valence-corrected chi connectivity index (χ0v) is 17.0. The molecule has 0 saturated carbocycles. The third kappa shape index (κ3) is 3.95. The van der Waals surface area contributed by atoms with E-state index in [4.69, 9.17) is 16.3 Å². The number of rotatable bonds is 4. The number of esters is 1. The summed E-state index contributed by atoms with van der Waals surface area (Å²) in [5, 5.41) is 2.73. The van der Waals surface area contributed by atoms with Crippen molar-refractivity contribution >= 4 is 40.7 Å². The van der Waals surface area contributed by atoms with Crippen LogP contribution in [0.15, 0.2) is 60.8 Å². The molecule has 3 aromatic rings. The third-order valence-corrected chi connectivity index (χ3v) is 5.01. The summed E-state index contributed by atoms with van der Waals surface area (Å²) in [6.07, 6.45) is 0.237. The maximum Gasteiger partial charge on any atom is 0.339 e. The van der Waals surface area contributed by atoms with Gasteiger partial charge in [-0.05, 0) is 37.3 Å². The van der Waals surface area contributed by atoms with E-state index < -0.39 is 18.0 Å². The Hall–Kier alpha value is -3.84. The van der Waals surface area contributed by atoms with Gasteiger partial charge in [-0.15, -0.1) is 0 Å². The number of carbonyl (C=O) groups is 4. The zero-order chi connectivity index (χ0) is 22.1. The van der Waals surface area contributed by atoms with E-state index in [-0.39, 0.29) is 33.4 Å². The number of amides is 1. The number of nitrogens with one attached hydrogen (secondary N) is 1. The predicted molar refractivity (Wildman–Crippen MR) is 113 cm³/mol. The Morgan fingerprint density at radius 1 is 0.935 bits per heavy atom. The molecule has 4 rings (SSSR count). The molecular weight excluding hydrogens is 420 g/mol. The van der Waals surface area contributed by atoms with Gasteiger partial charge in [0.05, 0.1) is 5.56 Å². The van der Waals surface area contributed by atoms with Gasteiger partial charge < -0.3 is 10.1 Å². The SMILES string of the molecule is CC(OC(=O)c1ccnc(Cl)c1)C(=O)Nc1ccc2c(c1)C(=O)c1ccccc1C2=O. The highest BCUT2D eigenvalue weighted by molar-refractivity contribution is 6.30. The average molecular weight is 435 g/mol. The van der Waals surface area contributed by atoms with Crippen molar-refractivity contribution in [3.8, 4) is 0 Å². The van der Waals surface area contributed by atoms with E-state index in [1.807, 2.05) is 0 Å². The molecule has 7 nitrogen and oxygen atoms in total. The molecule has 154 valence electrons. The first-order chi connectivity index (χ1) is 14.8. The maximum atomic E-state index is 12.8. The highest BCUT2D eigenvalue weighted by Gasteiger charge is 2.29. The second kappa shape index (κ2) is 8.12. The summed E-state index contributed by atoms with van der Waals surface area (Å²) >= 11 is 5.76. The quantitative estimate of drug-likeness (QED) is 0.388. The molecule has 0 bridgehead atoms.